The fraction of sp³-hybridized carbons (Fsp3) is 0.444. The van der Waals surface area contributed by atoms with E-state index in [0.29, 0.717) is 62.1 Å². The van der Waals surface area contributed by atoms with Gasteiger partial charge >= 0.3 is 12.3 Å². The third kappa shape index (κ3) is 6.94. The number of amides is 2. The van der Waals surface area contributed by atoms with Gasteiger partial charge in [0.1, 0.15) is 34.8 Å². The van der Waals surface area contributed by atoms with Crippen molar-refractivity contribution < 1.29 is 41.8 Å². The molecule has 7 rings (SSSR count). The molecule has 4 aliphatic rings. The Morgan fingerprint density at radius 2 is 1.80 bits per heavy atom. The Morgan fingerprint density at radius 3 is 2.53 bits per heavy atom. The Hall–Kier alpha value is -4.65. The van der Waals surface area contributed by atoms with Gasteiger partial charge in [-0.05, 0) is 63.1 Å². The number of anilines is 1. The minimum atomic E-state index is -4.64. The second kappa shape index (κ2) is 12.3. The molecule has 1 aliphatic carbocycles. The molecule has 2 fully saturated rings. The van der Waals surface area contributed by atoms with E-state index in [2.05, 4.69) is 10.3 Å². The maximum Gasteiger partial charge on any atom is 0.416 e. The van der Waals surface area contributed by atoms with Crippen LogP contribution >= 0.6 is 0 Å². The molecule has 3 aliphatic heterocycles. The number of piperazine rings is 1. The summed E-state index contributed by atoms with van der Waals surface area (Å²) >= 11 is 0. The molecule has 2 aromatic carbocycles. The normalized spacial score (nSPS) is 21.6. The predicted molar refractivity (Wildman–Crippen MR) is 172 cm³/mol. The lowest BCUT2D eigenvalue weighted by Gasteiger charge is -2.36. The van der Waals surface area contributed by atoms with Gasteiger partial charge in [-0.3, -0.25) is 14.5 Å². The molecule has 1 N–H and O–H groups in total. The number of carbonyl (C=O) groups excluding carboxylic acids is 3. The van der Waals surface area contributed by atoms with Crippen LogP contribution in [0.25, 0.3) is 0 Å². The smallest absolute Gasteiger partial charge is 0.416 e. The van der Waals surface area contributed by atoms with Crippen LogP contribution in [0.2, 0.25) is 0 Å². The van der Waals surface area contributed by atoms with Crippen LogP contribution in [0.1, 0.15) is 72.1 Å². The molecular formula is C36H37F3N4O6. The zero-order valence-corrected chi connectivity index (χ0v) is 27.4. The highest BCUT2D eigenvalue weighted by Crippen LogP contribution is 2.60. The summed E-state index contributed by atoms with van der Waals surface area (Å²) in [5, 5.41) is 2.76. The molecule has 0 unspecified atom stereocenters. The number of alkyl halides is 3. The van der Waals surface area contributed by atoms with Gasteiger partial charge in [-0.2, -0.15) is 13.2 Å². The van der Waals surface area contributed by atoms with Crippen molar-refractivity contribution in [1.29, 1.82) is 0 Å². The van der Waals surface area contributed by atoms with Gasteiger partial charge in [0, 0.05) is 80.3 Å². The standard InChI is InChI=1S/C36H37F3N4O6/c1-35(2,3)49-34(46)43-14-12-42(13-15-43)19-21-5-4-20(16-26(21)36(37,38)39)27(44)18-25-31-24-17-22(6-8-28(24)48-32(25)31)47-29-10-11-40-33-23(29)7-9-30(45)41-33/h4-6,8,10-11,16-17,25,31-32H,7,9,12-15,18-19H2,1-3H3,(H,40,41,45)/t25-,31-,32+/m0/s1. The first-order valence-electron chi connectivity index (χ1n) is 16.4. The Bertz CT molecular complexity index is 1820. The number of rotatable bonds is 7. The summed E-state index contributed by atoms with van der Waals surface area (Å²) in [5.74, 6) is 1.67. The second-order valence-electron chi connectivity index (χ2n) is 14.0. The number of nitrogens with zero attached hydrogens (tertiary/aromatic N) is 3. The van der Waals surface area contributed by atoms with E-state index in [1.165, 1.54) is 12.1 Å². The number of ketones is 1. The molecule has 1 saturated heterocycles. The lowest BCUT2D eigenvalue weighted by molar-refractivity contribution is -0.138. The largest absolute Gasteiger partial charge is 0.489 e. The predicted octanol–water partition coefficient (Wildman–Crippen LogP) is 6.58. The first-order chi connectivity index (χ1) is 23.2. The van der Waals surface area contributed by atoms with E-state index in [-0.39, 0.29) is 53.7 Å². The molecule has 10 nitrogen and oxygen atoms in total. The Labute approximate surface area is 281 Å². The average Bonchev–Trinajstić information content (AvgIpc) is 3.55. The highest BCUT2D eigenvalue weighted by atomic mass is 19.4. The van der Waals surface area contributed by atoms with Gasteiger partial charge in [0.15, 0.2) is 5.78 Å². The van der Waals surface area contributed by atoms with Gasteiger partial charge in [-0.1, -0.05) is 12.1 Å². The number of Topliss-reactive ketones (excluding diaryl/α,β-unsaturated/α-hetero) is 1. The quantitative estimate of drug-likeness (QED) is 0.279. The van der Waals surface area contributed by atoms with E-state index < -0.39 is 23.4 Å². The van der Waals surface area contributed by atoms with Crippen LogP contribution in [0.3, 0.4) is 0 Å². The first-order valence-corrected chi connectivity index (χ1v) is 16.4. The van der Waals surface area contributed by atoms with E-state index >= 15 is 0 Å². The van der Waals surface area contributed by atoms with Crippen LogP contribution in [-0.4, -0.2) is 70.5 Å². The topological polar surface area (TPSA) is 110 Å². The number of benzene rings is 2. The maximum absolute atomic E-state index is 14.3. The summed E-state index contributed by atoms with van der Waals surface area (Å²) in [7, 11) is 0. The van der Waals surface area contributed by atoms with Gasteiger partial charge in [-0.25, -0.2) is 9.78 Å². The summed E-state index contributed by atoms with van der Waals surface area (Å²) in [5.41, 5.74) is 0.354. The lowest BCUT2D eigenvalue weighted by atomic mass is 9.97. The molecule has 0 bridgehead atoms. The van der Waals surface area contributed by atoms with Gasteiger partial charge in [0.25, 0.3) is 0 Å². The molecule has 3 atom stereocenters. The van der Waals surface area contributed by atoms with Crippen molar-refractivity contribution in [3.05, 3.63) is 76.5 Å². The number of hydrogen-bond donors (Lipinski definition) is 1. The maximum atomic E-state index is 14.3. The second-order valence-corrected chi connectivity index (χ2v) is 14.0. The zero-order chi connectivity index (χ0) is 34.7. The van der Waals surface area contributed by atoms with Crippen molar-refractivity contribution in [1.82, 2.24) is 14.8 Å². The van der Waals surface area contributed by atoms with E-state index in [4.69, 9.17) is 14.2 Å². The summed E-state index contributed by atoms with van der Waals surface area (Å²) in [6, 6.07) is 11.1. The zero-order valence-electron chi connectivity index (χ0n) is 27.4. The first kappa shape index (κ1) is 32.9. The van der Waals surface area contributed by atoms with Crippen molar-refractivity contribution in [2.45, 2.75) is 70.4 Å². The molecule has 3 aromatic rings. The number of halogens is 3. The van der Waals surface area contributed by atoms with E-state index in [1.54, 1.807) is 44.0 Å². The van der Waals surface area contributed by atoms with Crippen molar-refractivity contribution in [2.24, 2.45) is 5.92 Å². The van der Waals surface area contributed by atoms with Crippen molar-refractivity contribution >= 4 is 23.6 Å². The molecule has 0 spiro atoms. The van der Waals surface area contributed by atoms with Gasteiger partial charge in [0.05, 0.1) is 5.56 Å². The summed E-state index contributed by atoms with van der Waals surface area (Å²) in [6.07, 6.45) is -2.82. The third-order valence-electron chi connectivity index (χ3n) is 9.38. The van der Waals surface area contributed by atoms with Crippen LogP contribution < -0.4 is 14.8 Å². The SMILES string of the molecule is CC(C)(C)OC(=O)N1CCN(Cc2ccc(C(=O)C[C@@H]3[C@H]4Oc5ccc(Oc6ccnc7c6CCC(=O)N7)cc5[C@@H]34)cc2C(F)(F)F)CC1. The molecule has 4 heterocycles. The number of hydrogen-bond acceptors (Lipinski definition) is 8. The van der Waals surface area contributed by atoms with Crippen molar-refractivity contribution in [3.63, 3.8) is 0 Å². The minimum absolute atomic E-state index is 0.0163. The fourth-order valence-electron chi connectivity index (χ4n) is 6.88. The molecule has 1 aromatic heterocycles. The molecule has 258 valence electrons. The van der Waals surface area contributed by atoms with Gasteiger partial charge in [-0.15, -0.1) is 0 Å². The number of nitrogens with one attached hydrogen (secondary N) is 1. The molecule has 2 amide bonds. The van der Waals surface area contributed by atoms with Crippen LogP contribution in [0.4, 0.5) is 23.8 Å². The Balaban J connectivity index is 0.993. The third-order valence-corrected chi connectivity index (χ3v) is 9.38. The Kier molecular flexibility index (Phi) is 8.28. The highest BCUT2D eigenvalue weighted by Gasteiger charge is 2.59. The van der Waals surface area contributed by atoms with Gasteiger partial charge < -0.3 is 24.4 Å². The van der Waals surface area contributed by atoms with Crippen LogP contribution in [0, 0.1) is 5.92 Å². The monoisotopic (exact) mass is 678 g/mol. The summed E-state index contributed by atoms with van der Waals surface area (Å²) in [6.45, 7) is 6.89. The molecule has 13 heteroatoms. The van der Waals surface area contributed by atoms with Crippen LogP contribution in [0.5, 0.6) is 17.2 Å². The average molecular weight is 679 g/mol. The molecule has 49 heavy (non-hydrogen) atoms. The summed E-state index contributed by atoms with van der Waals surface area (Å²) in [4.78, 5) is 45.2. The number of aromatic nitrogens is 1. The van der Waals surface area contributed by atoms with Gasteiger partial charge in [0.2, 0.25) is 5.91 Å². The van der Waals surface area contributed by atoms with E-state index in [1.807, 2.05) is 17.0 Å². The number of pyridine rings is 1. The van der Waals surface area contributed by atoms with E-state index in [0.717, 1.165) is 17.2 Å². The lowest BCUT2D eigenvalue weighted by Crippen LogP contribution is -2.49. The Morgan fingerprint density at radius 1 is 1.02 bits per heavy atom. The number of fused-ring (bicyclic) bond motifs is 4. The van der Waals surface area contributed by atoms with E-state index in [9.17, 15) is 27.6 Å². The fourth-order valence-corrected chi connectivity index (χ4v) is 6.88. The highest BCUT2D eigenvalue weighted by molar-refractivity contribution is 5.97. The van der Waals surface area contributed by atoms with Crippen LogP contribution in [-0.2, 0) is 28.7 Å². The number of carbonyl (C=O) groups is 3. The summed E-state index contributed by atoms with van der Waals surface area (Å²) < 4.78 is 60.4. The van der Waals surface area contributed by atoms with Crippen molar-refractivity contribution in [2.75, 3.05) is 31.5 Å². The van der Waals surface area contributed by atoms with Crippen molar-refractivity contribution in [3.8, 4) is 17.2 Å². The molecular weight excluding hydrogens is 641 g/mol. The molecule has 0 radical (unpaired) electrons. The minimum Gasteiger partial charge on any atom is -0.489 e. The van der Waals surface area contributed by atoms with Crippen LogP contribution in [0.15, 0.2) is 48.7 Å². The number of ether oxygens (including phenoxy) is 3. The molecule has 1 saturated carbocycles.